The Morgan fingerprint density at radius 1 is 1.50 bits per heavy atom. The van der Waals surface area contributed by atoms with E-state index in [0.29, 0.717) is 13.0 Å². The molecule has 5 heteroatoms. The summed E-state index contributed by atoms with van der Waals surface area (Å²) in [5.41, 5.74) is 8.25. The van der Waals surface area contributed by atoms with Crippen molar-refractivity contribution in [3.8, 4) is 0 Å². The summed E-state index contributed by atoms with van der Waals surface area (Å²) in [4.78, 5) is 18.8. The zero-order valence-electron chi connectivity index (χ0n) is 10.7. The van der Waals surface area contributed by atoms with Gasteiger partial charge in [-0.2, -0.15) is 0 Å². The fourth-order valence-corrected chi connectivity index (χ4v) is 1.77. The van der Waals surface area contributed by atoms with Gasteiger partial charge in [0.1, 0.15) is 0 Å². The number of amides is 1. The Morgan fingerprint density at radius 2 is 2.28 bits per heavy atom. The predicted molar refractivity (Wildman–Crippen MR) is 70.8 cm³/mol. The quantitative estimate of drug-likeness (QED) is 0.760. The smallest absolute Gasteiger partial charge is 0.222 e. The van der Waals surface area contributed by atoms with Gasteiger partial charge in [0.05, 0.1) is 17.4 Å². The second kappa shape index (κ2) is 4.78. The molecule has 5 nitrogen and oxygen atoms in total. The number of hydrogen-bond acceptors (Lipinski definition) is 3. The molecule has 1 heterocycles. The third-order valence-electron chi connectivity index (χ3n) is 2.59. The van der Waals surface area contributed by atoms with Crippen molar-refractivity contribution in [1.29, 1.82) is 0 Å². The summed E-state index contributed by atoms with van der Waals surface area (Å²) in [5.74, 6) is -0.0350. The molecule has 0 bridgehead atoms. The lowest BCUT2D eigenvalue weighted by molar-refractivity contribution is -0.122. The van der Waals surface area contributed by atoms with Gasteiger partial charge in [0.2, 0.25) is 5.91 Å². The summed E-state index contributed by atoms with van der Waals surface area (Å²) < 4.78 is 0. The Bertz CT molecular complexity index is 553. The van der Waals surface area contributed by atoms with Crippen LogP contribution in [0.4, 0.5) is 0 Å². The molecule has 1 aromatic heterocycles. The minimum Gasteiger partial charge on any atom is -0.352 e. The largest absolute Gasteiger partial charge is 0.352 e. The minimum absolute atomic E-state index is 0.0350. The number of carbonyl (C=O) groups excluding carboxylic acids is 1. The van der Waals surface area contributed by atoms with E-state index in [0.717, 1.165) is 16.6 Å². The molecule has 0 unspecified atom stereocenters. The van der Waals surface area contributed by atoms with Crippen molar-refractivity contribution >= 4 is 16.9 Å². The number of fused-ring (bicyclic) bond motifs is 1. The maximum Gasteiger partial charge on any atom is 0.222 e. The second-order valence-corrected chi connectivity index (χ2v) is 5.20. The standard InChI is InChI=1S/C13H18N4O/c1-13(2,14)6-12(18)15-7-9-3-4-10-11(5-9)17-8-16-10/h3-5,8H,6-7,14H2,1-2H3,(H,15,18)(H,16,17). The average molecular weight is 246 g/mol. The van der Waals surface area contributed by atoms with E-state index < -0.39 is 5.54 Å². The molecule has 1 amide bonds. The number of rotatable bonds is 4. The first-order chi connectivity index (χ1) is 8.44. The topological polar surface area (TPSA) is 83.8 Å². The molecule has 0 aliphatic carbocycles. The number of hydrogen-bond donors (Lipinski definition) is 3. The molecule has 0 fully saturated rings. The van der Waals surface area contributed by atoms with Crippen LogP contribution in [0.2, 0.25) is 0 Å². The van der Waals surface area contributed by atoms with Crippen LogP contribution in [0.25, 0.3) is 11.0 Å². The minimum atomic E-state index is -0.475. The van der Waals surface area contributed by atoms with E-state index in [4.69, 9.17) is 5.73 Å². The summed E-state index contributed by atoms with van der Waals surface area (Å²) in [6.07, 6.45) is 1.98. The van der Waals surface area contributed by atoms with Crippen molar-refractivity contribution in [2.24, 2.45) is 5.73 Å². The van der Waals surface area contributed by atoms with Crippen LogP contribution in [0.1, 0.15) is 25.8 Å². The van der Waals surface area contributed by atoms with Gasteiger partial charge in [0, 0.05) is 18.5 Å². The fourth-order valence-electron chi connectivity index (χ4n) is 1.77. The molecule has 4 N–H and O–H groups in total. The third kappa shape index (κ3) is 3.30. The van der Waals surface area contributed by atoms with Gasteiger partial charge in [-0.1, -0.05) is 6.07 Å². The summed E-state index contributed by atoms with van der Waals surface area (Å²) in [7, 11) is 0. The van der Waals surface area contributed by atoms with E-state index in [-0.39, 0.29) is 5.91 Å². The number of imidazole rings is 1. The Morgan fingerprint density at radius 3 is 3.00 bits per heavy atom. The molecule has 18 heavy (non-hydrogen) atoms. The number of aromatic nitrogens is 2. The maximum atomic E-state index is 11.6. The monoisotopic (exact) mass is 246 g/mol. The maximum absolute atomic E-state index is 11.6. The first kappa shape index (κ1) is 12.6. The molecule has 2 aromatic rings. The van der Waals surface area contributed by atoms with Crippen molar-refractivity contribution in [3.05, 3.63) is 30.1 Å². The van der Waals surface area contributed by atoms with Gasteiger partial charge in [0.15, 0.2) is 0 Å². The van der Waals surface area contributed by atoms with Crippen LogP contribution in [0.3, 0.4) is 0 Å². The highest BCUT2D eigenvalue weighted by molar-refractivity contribution is 5.78. The van der Waals surface area contributed by atoms with E-state index in [9.17, 15) is 4.79 Å². The zero-order chi connectivity index (χ0) is 13.2. The second-order valence-electron chi connectivity index (χ2n) is 5.20. The van der Waals surface area contributed by atoms with Crippen LogP contribution < -0.4 is 11.1 Å². The molecular weight excluding hydrogens is 228 g/mol. The number of carbonyl (C=O) groups is 1. The summed E-state index contributed by atoms with van der Waals surface area (Å²) in [6, 6.07) is 5.87. The molecule has 0 aliphatic rings. The van der Waals surface area contributed by atoms with Crippen LogP contribution >= 0.6 is 0 Å². The Labute approximate surface area is 106 Å². The number of nitrogens with two attached hydrogens (primary N) is 1. The molecule has 0 spiro atoms. The number of nitrogens with one attached hydrogen (secondary N) is 2. The summed E-state index contributed by atoms with van der Waals surface area (Å²) >= 11 is 0. The average Bonchev–Trinajstić information content (AvgIpc) is 2.71. The number of aromatic amines is 1. The number of nitrogens with zero attached hydrogens (tertiary/aromatic N) is 1. The van der Waals surface area contributed by atoms with E-state index in [1.54, 1.807) is 6.33 Å². The van der Waals surface area contributed by atoms with Crippen molar-refractivity contribution in [3.63, 3.8) is 0 Å². The van der Waals surface area contributed by atoms with Gasteiger partial charge >= 0.3 is 0 Å². The fraction of sp³-hybridized carbons (Fsp3) is 0.385. The molecule has 0 saturated heterocycles. The van der Waals surface area contributed by atoms with Crippen LogP contribution in [-0.2, 0) is 11.3 Å². The predicted octanol–water partition coefficient (Wildman–Crippen LogP) is 1.31. The molecule has 0 radical (unpaired) electrons. The highest BCUT2D eigenvalue weighted by atomic mass is 16.1. The van der Waals surface area contributed by atoms with Gasteiger partial charge < -0.3 is 16.0 Å². The first-order valence-corrected chi connectivity index (χ1v) is 5.92. The Balaban J connectivity index is 1.95. The molecular formula is C13H18N4O. The van der Waals surface area contributed by atoms with Crippen molar-refractivity contribution in [1.82, 2.24) is 15.3 Å². The van der Waals surface area contributed by atoms with Crippen molar-refractivity contribution in [2.45, 2.75) is 32.4 Å². The Kier molecular flexibility index (Phi) is 3.34. The van der Waals surface area contributed by atoms with Gasteiger partial charge in [-0.05, 0) is 31.5 Å². The lowest BCUT2D eigenvalue weighted by atomic mass is 10.0. The van der Waals surface area contributed by atoms with E-state index in [1.807, 2.05) is 32.0 Å². The molecule has 2 rings (SSSR count). The highest BCUT2D eigenvalue weighted by Gasteiger charge is 2.15. The van der Waals surface area contributed by atoms with Gasteiger partial charge in [0.25, 0.3) is 0 Å². The van der Waals surface area contributed by atoms with E-state index >= 15 is 0 Å². The molecule has 1 aromatic carbocycles. The van der Waals surface area contributed by atoms with Crippen LogP contribution in [0, 0.1) is 0 Å². The summed E-state index contributed by atoms with van der Waals surface area (Å²) in [6.45, 7) is 4.18. The van der Waals surface area contributed by atoms with Crippen molar-refractivity contribution < 1.29 is 4.79 Å². The van der Waals surface area contributed by atoms with Gasteiger partial charge in [-0.25, -0.2) is 4.98 Å². The SMILES string of the molecule is CC(C)(N)CC(=O)NCc1ccc2nc[nH]c2c1. The van der Waals surface area contributed by atoms with Crippen LogP contribution in [0.15, 0.2) is 24.5 Å². The zero-order valence-corrected chi connectivity index (χ0v) is 10.7. The number of H-pyrrole nitrogens is 1. The molecule has 0 aliphatic heterocycles. The summed E-state index contributed by atoms with van der Waals surface area (Å²) in [5, 5.41) is 2.86. The first-order valence-electron chi connectivity index (χ1n) is 5.92. The Hall–Kier alpha value is -1.88. The molecule has 0 atom stereocenters. The lowest BCUT2D eigenvalue weighted by Gasteiger charge is -2.17. The van der Waals surface area contributed by atoms with Gasteiger partial charge in [-0.15, -0.1) is 0 Å². The number of benzene rings is 1. The third-order valence-corrected chi connectivity index (χ3v) is 2.59. The lowest BCUT2D eigenvalue weighted by Crippen LogP contribution is -2.38. The van der Waals surface area contributed by atoms with Crippen molar-refractivity contribution in [2.75, 3.05) is 0 Å². The molecule has 96 valence electrons. The van der Waals surface area contributed by atoms with Crippen LogP contribution in [-0.4, -0.2) is 21.4 Å². The normalized spacial score (nSPS) is 11.7. The molecule has 0 saturated carbocycles. The van der Waals surface area contributed by atoms with Gasteiger partial charge in [-0.3, -0.25) is 4.79 Å². The highest BCUT2D eigenvalue weighted by Crippen LogP contribution is 2.11. The van der Waals surface area contributed by atoms with E-state index in [2.05, 4.69) is 15.3 Å². The van der Waals surface area contributed by atoms with Crippen LogP contribution in [0.5, 0.6) is 0 Å². The van der Waals surface area contributed by atoms with E-state index in [1.165, 1.54) is 0 Å².